The molecule has 2 aromatic heterocycles. The molecule has 0 fully saturated rings. The van der Waals surface area contributed by atoms with Crippen molar-refractivity contribution in [3.8, 4) is 5.75 Å². The molecule has 0 atom stereocenters. The Balaban J connectivity index is 1.71. The van der Waals surface area contributed by atoms with E-state index in [9.17, 15) is 4.39 Å². The van der Waals surface area contributed by atoms with E-state index < -0.39 is 0 Å². The molecule has 2 heterocycles. The molecule has 0 saturated carbocycles. The van der Waals surface area contributed by atoms with Crippen LogP contribution in [0.25, 0.3) is 10.9 Å². The molecule has 4 heteroatoms. The number of ether oxygens (including phenoxy) is 1. The van der Waals surface area contributed by atoms with E-state index in [0.29, 0.717) is 12.4 Å². The number of hydrogen-bond donors (Lipinski definition) is 0. The third-order valence-electron chi connectivity index (χ3n) is 5.27. The monoisotopic (exact) mass is 374 g/mol. The maximum atomic E-state index is 13.1. The summed E-state index contributed by atoms with van der Waals surface area (Å²) in [5.74, 6) is 0.357. The first-order valence-corrected chi connectivity index (χ1v) is 9.40. The number of aromatic nitrogens is 2. The molecule has 2 aromatic carbocycles. The van der Waals surface area contributed by atoms with Crippen LogP contribution in [0, 0.1) is 26.6 Å². The second-order valence-electron chi connectivity index (χ2n) is 7.18. The quantitative estimate of drug-likeness (QED) is 0.446. The van der Waals surface area contributed by atoms with E-state index >= 15 is 0 Å². The van der Waals surface area contributed by atoms with Crippen molar-refractivity contribution in [1.82, 2.24) is 9.55 Å². The topological polar surface area (TPSA) is 27.1 Å². The Kier molecular flexibility index (Phi) is 4.86. The molecule has 0 spiro atoms. The molecule has 0 N–H and O–H groups in total. The second-order valence-corrected chi connectivity index (χ2v) is 7.18. The zero-order valence-corrected chi connectivity index (χ0v) is 16.4. The Morgan fingerprint density at radius 1 is 0.929 bits per heavy atom. The van der Waals surface area contributed by atoms with E-state index in [-0.39, 0.29) is 5.82 Å². The highest BCUT2D eigenvalue weighted by molar-refractivity contribution is 5.87. The minimum Gasteiger partial charge on any atom is -0.487 e. The van der Waals surface area contributed by atoms with Gasteiger partial charge in [0.1, 0.15) is 23.9 Å². The van der Waals surface area contributed by atoms with Crippen LogP contribution in [0.2, 0.25) is 0 Å². The van der Waals surface area contributed by atoms with Crippen molar-refractivity contribution in [2.75, 3.05) is 0 Å². The minimum absolute atomic E-state index is 0.272. The van der Waals surface area contributed by atoms with Crippen LogP contribution in [0.4, 0.5) is 4.39 Å². The molecule has 0 aliphatic carbocycles. The lowest BCUT2D eigenvalue weighted by Gasteiger charge is -2.12. The lowest BCUT2D eigenvalue weighted by atomic mass is 10.1. The second kappa shape index (κ2) is 7.47. The molecule has 0 bridgehead atoms. The summed E-state index contributed by atoms with van der Waals surface area (Å²) in [7, 11) is 0. The van der Waals surface area contributed by atoms with E-state index in [0.717, 1.165) is 17.8 Å². The van der Waals surface area contributed by atoms with Gasteiger partial charge in [-0.15, -0.1) is 0 Å². The van der Waals surface area contributed by atoms with Crippen molar-refractivity contribution in [3.05, 3.63) is 94.7 Å². The normalized spacial score (nSPS) is 11.1. The van der Waals surface area contributed by atoms with Crippen LogP contribution >= 0.6 is 0 Å². The van der Waals surface area contributed by atoms with Crippen molar-refractivity contribution in [3.63, 3.8) is 0 Å². The van der Waals surface area contributed by atoms with E-state index in [1.54, 1.807) is 12.1 Å². The highest BCUT2D eigenvalue weighted by atomic mass is 19.1. The molecule has 0 aliphatic heterocycles. The van der Waals surface area contributed by atoms with E-state index in [1.165, 1.54) is 39.9 Å². The summed E-state index contributed by atoms with van der Waals surface area (Å²) in [6, 6.07) is 16.7. The van der Waals surface area contributed by atoms with Gasteiger partial charge in [0.05, 0.1) is 5.52 Å². The molecule has 0 saturated heterocycles. The first-order valence-electron chi connectivity index (χ1n) is 9.40. The zero-order chi connectivity index (χ0) is 19.7. The summed E-state index contributed by atoms with van der Waals surface area (Å²) in [6.45, 7) is 7.51. The lowest BCUT2D eigenvalue weighted by molar-refractivity contribution is 0.302. The highest BCUT2D eigenvalue weighted by Gasteiger charge is 2.16. The van der Waals surface area contributed by atoms with Crippen LogP contribution in [0.1, 0.15) is 28.1 Å². The molecule has 0 unspecified atom stereocenters. The first-order chi connectivity index (χ1) is 13.5. The fraction of sp³-hybridized carbons (Fsp3) is 0.208. The summed E-state index contributed by atoms with van der Waals surface area (Å²) in [5, 5.41) is 1.19. The molecular weight excluding hydrogens is 351 g/mol. The number of hydrogen-bond acceptors (Lipinski definition) is 2. The van der Waals surface area contributed by atoms with Crippen LogP contribution in [-0.2, 0) is 13.2 Å². The molecule has 0 aliphatic rings. The summed E-state index contributed by atoms with van der Waals surface area (Å²) >= 11 is 0. The van der Waals surface area contributed by atoms with E-state index in [1.807, 2.05) is 6.20 Å². The molecule has 0 radical (unpaired) electrons. The maximum absolute atomic E-state index is 13.1. The smallest absolute Gasteiger partial charge is 0.132 e. The van der Waals surface area contributed by atoms with Crippen molar-refractivity contribution in [1.29, 1.82) is 0 Å². The number of nitrogens with zero attached hydrogens (tertiary/aromatic N) is 2. The van der Waals surface area contributed by atoms with Crippen LogP contribution in [0.5, 0.6) is 5.75 Å². The van der Waals surface area contributed by atoms with Gasteiger partial charge < -0.3 is 9.30 Å². The van der Waals surface area contributed by atoms with Gasteiger partial charge in [-0.2, -0.15) is 0 Å². The van der Waals surface area contributed by atoms with E-state index in [2.05, 4.69) is 60.7 Å². The number of fused-ring (bicyclic) bond motifs is 1. The number of aryl methyl sites for hydroxylation is 2. The first kappa shape index (κ1) is 18.2. The predicted molar refractivity (Wildman–Crippen MR) is 110 cm³/mol. The summed E-state index contributed by atoms with van der Waals surface area (Å²) in [6.07, 6.45) is 1.83. The van der Waals surface area contributed by atoms with Gasteiger partial charge in [0.2, 0.25) is 0 Å². The summed E-state index contributed by atoms with van der Waals surface area (Å²) in [5.41, 5.74) is 6.97. The van der Waals surface area contributed by atoms with Crippen molar-refractivity contribution >= 4 is 10.9 Å². The zero-order valence-electron chi connectivity index (χ0n) is 16.4. The Morgan fingerprint density at radius 3 is 2.36 bits per heavy atom. The van der Waals surface area contributed by atoms with Gasteiger partial charge in [-0.05, 0) is 62.2 Å². The van der Waals surface area contributed by atoms with Crippen LogP contribution in [0.15, 0.2) is 60.8 Å². The third kappa shape index (κ3) is 3.50. The Labute approximate surface area is 164 Å². The largest absolute Gasteiger partial charge is 0.487 e. The number of benzene rings is 2. The highest BCUT2D eigenvalue weighted by Crippen LogP contribution is 2.28. The van der Waals surface area contributed by atoms with Crippen LogP contribution in [-0.4, -0.2) is 9.55 Å². The third-order valence-corrected chi connectivity index (χ3v) is 5.27. The van der Waals surface area contributed by atoms with E-state index in [4.69, 9.17) is 4.74 Å². The van der Waals surface area contributed by atoms with Gasteiger partial charge in [0, 0.05) is 23.8 Å². The maximum Gasteiger partial charge on any atom is 0.132 e. The number of halogens is 1. The fourth-order valence-electron chi connectivity index (χ4n) is 3.53. The molecule has 3 nitrogen and oxygen atoms in total. The molecule has 0 amide bonds. The predicted octanol–water partition coefficient (Wildman–Crippen LogP) is 5.73. The molecule has 28 heavy (non-hydrogen) atoms. The molecule has 4 rings (SSSR count). The SMILES string of the molecule is Cc1ccc(Cn2c(C)c(C)c3ccnc(COc4ccc(F)cc4)c32)cc1. The minimum atomic E-state index is -0.272. The van der Waals surface area contributed by atoms with Gasteiger partial charge in [0.25, 0.3) is 0 Å². The van der Waals surface area contributed by atoms with Gasteiger partial charge >= 0.3 is 0 Å². The fourth-order valence-corrected chi connectivity index (χ4v) is 3.53. The van der Waals surface area contributed by atoms with Gasteiger partial charge in [0.15, 0.2) is 0 Å². The number of pyridine rings is 1. The average Bonchev–Trinajstić information content (AvgIpc) is 2.95. The Morgan fingerprint density at radius 2 is 1.64 bits per heavy atom. The van der Waals surface area contributed by atoms with Crippen molar-refractivity contribution in [2.45, 2.75) is 33.9 Å². The van der Waals surface area contributed by atoms with Crippen LogP contribution < -0.4 is 4.74 Å². The van der Waals surface area contributed by atoms with Gasteiger partial charge in [-0.3, -0.25) is 4.98 Å². The molecule has 142 valence electrons. The lowest BCUT2D eigenvalue weighted by Crippen LogP contribution is -2.06. The molecular formula is C24H23FN2O. The molecule has 4 aromatic rings. The standard InChI is InChI=1S/C24H23FN2O/c1-16-4-6-19(7-5-16)14-27-18(3)17(2)22-12-13-26-23(24(22)27)15-28-21-10-8-20(25)9-11-21/h4-13H,14-15H2,1-3H3. The van der Waals surface area contributed by atoms with Crippen LogP contribution in [0.3, 0.4) is 0 Å². The Bertz CT molecular complexity index is 1110. The van der Waals surface area contributed by atoms with Gasteiger partial charge in [-0.25, -0.2) is 4.39 Å². The number of rotatable bonds is 5. The Hall–Kier alpha value is -3.14. The van der Waals surface area contributed by atoms with Gasteiger partial charge in [-0.1, -0.05) is 29.8 Å². The van der Waals surface area contributed by atoms with Crippen molar-refractivity contribution < 1.29 is 9.13 Å². The summed E-state index contributed by atoms with van der Waals surface area (Å²) < 4.78 is 21.3. The summed E-state index contributed by atoms with van der Waals surface area (Å²) in [4.78, 5) is 4.59. The average molecular weight is 374 g/mol. The van der Waals surface area contributed by atoms with Crippen molar-refractivity contribution in [2.24, 2.45) is 0 Å².